The van der Waals surface area contributed by atoms with Gasteiger partial charge in [-0.05, 0) is 13.3 Å². The van der Waals surface area contributed by atoms with Gasteiger partial charge in [0.1, 0.15) is 0 Å². The molecule has 0 aliphatic heterocycles. The van der Waals surface area contributed by atoms with Gasteiger partial charge in [0.25, 0.3) is 0 Å². The number of rotatable bonds is 5. The van der Waals surface area contributed by atoms with Crippen molar-refractivity contribution in [1.82, 2.24) is 5.01 Å². The molecule has 0 saturated heterocycles. The van der Waals surface area contributed by atoms with Gasteiger partial charge < -0.3 is 0 Å². The third-order valence-corrected chi connectivity index (χ3v) is 1.22. The molecule has 0 aromatic carbocycles. The molecule has 0 saturated carbocycles. The lowest BCUT2D eigenvalue weighted by Crippen LogP contribution is -2.10. The molecule has 0 aliphatic rings. The van der Waals surface area contributed by atoms with E-state index in [9.17, 15) is 0 Å². The summed E-state index contributed by atoms with van der Waals surface area (Å²) in [7, 11) is 0. The molecule has 0 amide bonds. The Hall–Kier alpha value is -0.790. The fourth-order valence-electron chi connectivity index (χ4n) is 0.665. The predicted molar refractivity (Wildman–Crippen MR) is 46.0 cm³/mol. The number of hydrazone groups is 1. The summed E-state index contributed by atoms with van der Waals surface area (Å²) in [6.45, 7) is 8.69. The molecule has 0 rings (SSSR count). The molecule has 0 heterocycles. The summed E-state index contributed by atoms with van der Waals surface area (Å²) in [6.07, 6.45) is 5.89. The van der Waals surface area contributed by atoms with Crippen molar-refractivity contribution in [1.29, 1.82) is 0 Å². The Labute approximate surface area is 63.2 Å². The summed E-state index contributed by atoms with van der Waals surface area (Å²) in [4.78, 5) is 0. The molecule has 0 unspecified atom stereocenters. The fourth-order valence-corrected chi connectivity index (χ4v) is 0.665. The first-order valence-corrected chi connectivity index (χ1v) is 3.73. The fraction of sp³-hybridized carbons (Fsp3) is 0.625. The first-order valence-electron chi connectivity index (χ1n) is 3.73. The smallest absolute Gasteiger partial charge is 0.0408 e. The van der Waals surface area contributed by atoms with Crippen LogP contribution in [0.15, 0.2) is 17.9 Å². The van der Waals surface area contributed by atoms with Gasteiger partial charge in [0.2, 0.25) is 0 Å². The predicted octanol–water partition coefficient (Wildman–Crippen LogP) is 2.24. The van der Waals surface area contributed by atoms with Crippen LogP contribution in [0.1, 0.15) is 26.7 Å². The quantitative estimate of drug-likeness (QED) is 0.422. The van der Waals surface area contributed by atoms with Crippen LogP contribution in [0.5, 0.6) is 0 Å². The molecule has 0 bridgehead atoms. The summed E-state index contributed by atoms with van der Waals surface area (Å²) in [5.74, 6) is 0. The molecule has 2 nitrogen and oxygen atoms in total. The van der Waals surface area contributed by atoms with Gasteiger partial charge in [-0.15, -0.1) is 0 Å². The van der Waals surface area contributed by atoms with E-state index < -0.39 is 0 Å². The van der Waals surface area contributed by atoms with E-state index in [4.69, 9.17) is 0 Å². The van der Waals surface area contributed by atoms with E-state index in [-0.39, 0.29) is 0 Å². The third-order valence-electron chi connectivity index (χ3n) is 1.22. The van der Waals surface area contributed by atoms with Crippen molar-refractivity contribution in [2.24, 2.45) is 5.10 Å². The van der Waals surface area contributed by atoms with Gasteiger partial charge in [-0.3, -0.25) is 5.01 Å². The molecule has 0 aromatic rings. The Morgan fingerprint density at radius 2 is 2.30 bits per heavy atom. The van der Waals surface area contributed by atoms with Crippen molar-refractivity contribution in [2.45, 2.75) is 26.7 Å². The largest absolute Gasteiger partial charge is 0.274 e. The lowest BCUT2D eigenvalue weighted by Gasteiger charge is -2.11. The Kier molecular flexibility index (Phi) is 5.83. The summed E-state index contributed by atoms with van der Waals surface area (Å²) in [6, 6.07) is 0. The zero-order valence-electron chi connectivity index (χ0n) is 6.88. The summed E-state index contributed by atoms with van der Waals surface area (Å²) >= 11 is 0. The Bertz CT molecular complexity index is 108. The molecule has 0 N–H and O–H groups in total. The highest BCUT2D eigenvalue weighted by Gasteiger charge is 1.90. The van der Waals surface area contributed by atoms with Crippen LogP contribution < -0.4 is 0 Å². The molecule has 10 heavy (non-hydrogen) atoms. The first-order chi connectivity index (χ1) is 4.85. The maximum absolute atomic E-state index is 4.07. The van der Waals surface area contributed by atoms with Crippen molar-refractivity contribution in [3.63, 3.8) is 0 Å². The molecule has 0 aromatic heterocycles. The van der Waals surface area contributed by atoms with Gasteiger partial charge >= 0.3 is 0 Å². The van der Waals surface area contributed by atoms with E-state index in [0.29, 0.717) is 0 Å². The van der Waals surface area contributed by atoms with E-state index in [1.54, 1.807) is 12.4 Å². The highest BCUT2D eigenvalue weighted by molar-refractivity contribution is 5.52. The minimum atomic E-state index is 0.977. The summed E-state index contributed by atoms with van der Waals surface area (Å²) in [5, 5.41) is 5.92. The molecular weight excluding hydrogens is 124 g/mol. The van der Waals surface area contributed by atoms with E-state index in [0.717, 1.165) is 6.54 Å². The monoisotopic (exact) mass is 140 g/mol. The van der Waals surface area contributed by atoms with Gasteiger partial charge in [0, 0.05) is 19.0 Å². The van der Waals surface area contributed by atoms with Crippen LogP contribution in [0.25, 0.3) is 0 Å². The second-order valence-corrected chi connectivity index (χ2v) is 2.07. The summed E-state index contributed by atoms with van der Waals surface area (Å²) < 4.78 is 0. The average molecular weight is 140 g/mol. The standard InChI is InChI=1S/C8H16N2/c1-4-7-8-10(6-3)9-5-2/h5-6H,3-4,7-8H2,1-2H3/b9-5-. The van der Waals surface area contributed by atoms with Gasteiger partial charge in [-0.2, -0.15) is 5.10 Å². The molecule has 2 heteroatoms. The topological polar surface area (TPSA) is 15.6 Å². The Balaban J connectivity index is 3.49. The normalized spacial score (nSPS) is 10.2. The minimum Gasteiger partial charge on any atom is -0.274 e. The highest BCUT2D eigenvalue weighted by atomic mass is 15.4. The average Bonchev–Trinajstić information content (AvgIpc) is 1.98. The molecular formula is C8H16N2. The van der Waals surface area contributed by atoms with Crippen LogP contribution in [0, 0.1) is 0 Å². The maximum Gasteiger partial charge on any atom is 0.0408 e. The molecule has 58 valence electrons. The summed E-state index contributed by atoms with van der Waals surface area (Å²) in [5.41, 5.74) is 0. The molecule has 0 radical (unpaired) electrons. The molecule has 0 aliphatic carbocycles. The second kappa shape index (κ2) is 6.33. The van der Waals surface area contributed by atoms with E-state index in [2.05, 4.69) is 18.6 Å². The second-order valence-electron chi connectivity index (χ2n) is 2.07. The Morgan fingerprint density at radius 3 is 2.70 bits per heavy atom. The van der Waals surface area contributed by atoms with Crippen LogP contribution >= 0.6 is 0 Å². The first kappa shape index (κ1) is 9.21. The van der Waals surface area contributed by atoms with Gasteiger partial charge in [-0.1, -0.05) is 19.9 Å². The highest BCUT2D eigenvalue weighted by Crippen LogP contribution is 1.94. The van der Waals surface area contributed by atoms with Crippen LogP contribution in [0.4, 0.5) is 0 Å². The van der Waals surface area contributed by atoms with E-state index >= 15 is 0 Å². The number of unbranched alkanes of at least 4 members (excludes halogenated alkanes) is 1. The van der Waals surface area contributed by atoms with E-state index in [1.807, 2.05) is 11.9 Å². The Morgan fingerprint density at radius 1 is 1.60 bits per heavy atom. The number of hydrogen-bond donors (Lipinski definition) is 0. The zero-order valence-corrected chi connectivity index (χ0v) is 6.88. The molecule has 0 spiro atoms. The van der Waals surface area contributed by atoms with E-state index in [1.165, 1.54) is 12.8 Å². The van der Waals surface area contributed by atoms with Gasteiger partial charge in [0.05, 0.1) is 0 Å². The molecule has 0 atom stereocenters. The van der Waals surface area contributed by atoms with Gasteiger partial charge in [-0.25, -0.2) is 0 Å². The van der Waals surface area contributed by atoms with Gasteiger partial charge in [0.15, 0.2) is 0 Å². The van der Waals surface area contributed by atoms with Crippen molar-refractivity contribution in [3.05, 3.63) is 12.8 Å². The lowest BCUT2D eigenvalue weighted by atomic mass is 10.3. The zero-order chi connectivity index (χ0) is 7.82. The maximum atomic E-state index is 4.07. The van der Waals surface area contributed by atoms with Crippen molar-refractivity contribution in [2.75, 3.05) is 6.54 Å². The SMILES string of the molecule is C=CN(CCCC)/N=C\C. The minimum absolute atomic E-state index is 0.977. The van der Waals surface area contributed by atoms with Crippen LogP contribution in [0.3, 0.4) is 0 Å². The van der Waals surface area contributed by atoms with Crippen molar-refractivity contribution < 1.29 is 0 Å². The van der Waals surface area contributed by atoms with Crippen LogP contribution in [0.2, 0.25) is 0 Å². The number of hydrogen-bond acceptors (Lipinski definition) is 2. The third kappa shape index (κ3) is 4.13. The van der Waals surface area contributed by atoms with Crippen LogP contribution in [-0.4, -0.2) is 17.8 Å². The lowest BCUT2D eigenvalue weighted by molar-refractivity contribution is 0.391. The van der Waals surface area contributed by atoms with Crippen molar-refractivity contribution in [3.8, 4) is 0 Å². The number of nitrogens with zero attached hydrogens (tertiary/aromatic N) is 2. The van der Waals surface area contributed by atoms with Crippen molar-refractivity contribution >= 4 is 6.21 Å². The molecule has 0 fully saturated rings. The van der Waals surface area contributed by atoms with Crippen LogP contribution in [-0.2, 0) is 0 Å².